The van der Waals surface area contributed by atoms with Crippen molar-refractivity contribution in [2.75, 3.05) is 6.54 Å². The Balaban J connectivity index is 1.59. The number of aromatic nitrogens is 2. The fraction of sp³-hybridized carbons (Fsp3) is 0.643. The number of nitrogens with one attached hydrogen (secondary N) is 2. The zero-order chi connectivity index (χ0) is 14.4. The Kier molecular flexibility index (Phi) is 5.15. The van der Waals surface area contributed by atoms with E-state index in [2.05, 4.69) is 15.7 Å². The zero-order valence-corrected chi connectivity index (χ0v) is 11.8. The van der Waals surface area contributed by atoms with Gasteiger partial charge in [-0.25, -0.2) is 0 Å². The Morgan fingerprint density at radius 3 is 2.85 bits per heavy atom. The van der Waals surface area contributed by atoms with Gasteiger partial charge in [-0.15, -0.1) is 0 Å². The van der Waals surface area contributed by atoms with E-state index in [1.165, 1.54) is 0 Å². The first-order valence-electron chi connectivity index (χ1n) is 7.22. The zero-order valence-electron chi connectivity index (χ0n) is 11.8. The van der Waals surface area contributed by atoms with Crippen molar-refractivity contribution >= 4 is 11.8 Å². The number of carbonyl (C=O) groups is 2. The molecular weight excluding hydrogens is 256 g/mol. The van der Waals surface area contributed by atoms with Crippen LogP contribution >= 0.6 is 0 Å². The van der Waals surface area contributed by atoms with Crippen LogP contribution in [0.3, 0.4) is 0 Å². The van der Waals surface area contributed by atoms with Gasteiger partial charge in [-0.1, -0.05) is 6.42 Å². The summed E-state index contributed by atoms with van der Waals surface area (Å²) in [5, 5.41) is 9.69. The molecule has 1 aromatic rings. The Morgan fingerprint density at radius 2 is 2.25 bits per heavy atom. The molecule has 6 heteroatoms. The summed E-state index contributed by atoms with van der Waals surface area (Å²) in [5.74, 6) is -0.00125. The van der Waals surface area contributed by atoms with Crippen LogP contribution in [0, 0.1) is 5.92 Å². The van der Waals surface area contributed by atoms with E-state index in [1.54, 1.807) is 13.1 Å². The number of aryl methyl sites for hydroxylation is 1. The van der Waals surface area contributed by atoms with E-state index < -0.39 is 6.04 Å². The molecule has 1 aliphatic rings. The molecule has 0 radical (unpaired) electrons. The first-order chi connectivity index (χ1) is 9.66. The van der Waals surface area contributed by atoms with Gasteiger partial charge in [0.15, 0.2) is 0 Å². The van der Waals surface area contributed by atoms with E-state index in [9.17, 15) is 9.59 Å². The maximum atomic E-state index is 11.8. The maximum Gasteiger partial charge on any atom is 0.242 e. The number of amides is 2. The van der Waals surface area contributed by atoms with E-state index in [0.29, 0.717) is 6.54 Å². The molecule has 110 valence electrons. The largest absolute Gasteiger partial charge is 0.354 e. The summed E-state index contributed by atoms with van der Waals surface area (Å²) < 4.78 is 1.83. The van der Waals surface area contributed by atoms with E-state index >= 15 is 0 Å². The fourth-order valence-corrected chi connectivity index (χ4v) is 2.11. The lowest BCUT2D eigenvalue weighted by Gasteiger charge is -2.25. The normalized spacial score (nSPS) is 16.2. The summed E-state index contributed by atoms with van der Waals surface area (Å²) in [7, 11) is 0. The molecule has 20 heavy (non-hydrogen) atoms. The molecule has 6 nitrogen and oxygen atoms in total. The molecule has 0 aliphatic heterocycles. The van der Waals surface area contributed by atoms with Gasteiger partial charge >= 0.3 is 0 Å². The van der Waals surface area contributed by atoms with Crippen LogP contribution in [0.15, 0.2) is 18.5 Å². The van der Waals surface area contributed by atoms with Crippen LogP contribution in [0.4, 0.5) is 0 Å². The second kappa shape index (κ2) is 7.07. The molecule has 1 saturated carbocycles. The highest BCUT2D eigenvalue weighted by molar-refractivity contribution is 5.88. The van der Waals surface area contributed by atoms with Crippen LogP contribution in [0.25, 0.3) is 0 Å². The standard InChI is InChI=1S/C14H22N4O2/c1-11(17-14(20)12-5-2-6-12)13(19)15-7-3-9-18-10-4-8-16-18/h4,8,10-12H,2-3,5-7,9H2,1H3,(H,15,19)(H,17,20)/t11-/m0/s1. The first-order valence-corrected chi connectivity index (χ1v) is 7.22. The summed E-state index contributed by atoms with van der Waals surface area (Å²) in [6.07, 6.45) is 7.46. The minimum absolute atomic E-state index is 0.00967. The van der Waals surface area contributed by atoms with Crippen molar-refractivity contribution in [2.45, 2.75) is 45.2 Å². The predicted octanol–water partition coefficient (Wildman–Crippen LogP) is 0.694. The number of rotatable bonds is 7. The van der Waals surface area contributed by atoms with Crippen molar-refractivity contribution in [1.29, 1.82) is 0 Å². The molecule has 0 aromatic carbocycles. The van der Waals surface area contributed by atoms with Gasteiger partial charge in [-0.2, -0.15) is 5.10 Å². The molecule has 1 fully saturated rings. The minimum atomic E-state index is -0.465. The highest BCUT2D eigenvalue weighted by atomic mass is 16.2. The predicted molar refractivity (Wildman–Crippen MR) is 74.8 cm³/mol. The second-order valence-electron chi connectivity index (χ2n) is 5.27. The maximum absolute atomic E-state index is 11.8. The SMILES string of the molecule is C[C@H](NC(=O)C1CCC1)C(=O)NCCCn1cccn1. The highest BCUT2D eigenvalue weighted by Crippen LogP contribution is 2.26. The van der Waals surface area contributed by atoms with E-state index in [-0.39, 0.29) is 17.7 Å². The summed E-state index contributed by atoms with van der Waals surface area (Å²) in [4.78, 5) is 23.5. The van der Waals surface area contributed by atoms with Gasteiger partial charge < -0.3 is 10.6 Å². The molecule has 1 aromatic heterocycles. The van der Waals surface area contributed by atoms with Crippen LogP contribution in [0.1, 0.15) is 32.6 Å². The van der Waals surface area contributed by atoms with Crippen molar-refractivity contribution in [1.82, 2.24) is 20.4 Å². The van der Waals surface area contributed by atoms with Crippen molar-refractivity contribution in [3.05, 3.63) is 18.5 Å². The summed E-state index contributed by atoms with van der Waals surface area (Å²) in [6, 6.07) is 1.41. The molecule has 2 rings (SSSR count). The summed E-state index contributed by atoms with van der Waals surface area (Å²) in [6.45, 7) is 3.08. The Hall–Kier alpha value is -1.85. The third kappa shape index (κ3) is 4.08. The van der Waals surface area contributed by atoms with E-state index in [4.69, 9.17) is 0 Å². The van der Waals surface area contributed by atoms with Gasteiger partial charge in [-0.05, 0) is 32.3 Å². The average molecular weight is 278 g/mol. The molecule has 0 unspecified atom stereocenters. The van der Waals surface area contributed by atoms with Gasteiger partial charge in [0.1, 0.15) is 6.04 Å². The molecule has 0 bridgehead atoms. The lowest BCUT2D eigenvalue weighted by atomic mass is 9.84. The molecule has 1 atom stereocenters. The number of carbonyl (C=O) groups excluding carboxylic acids is 2. The Bertz CT molecular complexity index is 440. The van der Waals surface area contributed by atoms with Gasteiger partial charge in [0.05, 0.1) is 0 Å². The highest BCUT2D eigenvalue weighted by Gasteiger charge is 2.27. The lowest BCUT2D eigenvalue weighted by Crippen LogP contribution is -2.47. The van der Waals surface area contributed by atoms with Crippen molar-refractivity contribution in [3.8, 4) is 0 Å². The minimum Gasteiger partial charge on any atom is -0.354 e. The van der Waals surface area contributed by atoms with E-state index in [0.717, 1.165) is 32.2 Å². The lowest BCUT2D eigenvalue weighted by molar-refractivity contribution is -0.132. The van der Waals surface area contributed by atoms with Crippen LogP contribution in [-0.2, 0) is 16.1 Å². The molecule has 2 N–H and O–H groups in total. The van der Waals surface area contributed by atoms with Crippen LogP contribution in [0.2, 0.25) is 0 Å². The van der Waals surface area contributed by atoms with Crippen LogP contribution < -0.4 is 10.6 Å². The van der Waals surface area contributed by atoms with Crippen molar-refractivity contribution in [2.24, 2.45) is 5.92 Å². The number of hydrogen-bond donors (Lipinski definition) is 2. The van der Waals surface area contributed by atoms with Crippen molar-refractivity contribution < 1.29 is 9.59 Å². The monoisotopic (exact) mass is 278 g/mol. The second-order valence-corrected chi connectivity index (χ2v) is 5.27. The smallest absolute Gasteiger partial charge is 0.242 e. The summed E-state index contributed by atoms with van der Waals surface area (Å²) in [5.41, 5.74) is 0. The topological polar surface area (TPSA) is 76.0 Å². The average Bonchev–Trinajstić information content (AvgIpc) is 2.84. The molecular formula is C14H22N4O2. The number of nitrogens with zero attached hydrogens (tertiary/aromatic N) is 2. The summed E-state index contributed by atoms with van der Waals surface area (Å²) >= 11 is 0. The van der Waals surface area contributed by atoms with Crippen LogP contribution in [0.5, 0.6) is 0 Å². The van der Waals surface area contributed by atoms with Gasteiger partial charge in [0.25, 0.3) is 0 Å². The Morgan fingerprint density at radius 1 is 1.45 bits per heavy atom. The van der Waals surface area contributed by atoms with Gasteiger partial charge in [-0.3, -0.25) is 14.3 Å². The van der Waals surface area contributed by atoms with Crippen molar-refractivity contribution in [3.63, 3.8) is 0 Å². The molecule has 2 amide bonds. The van der Waals surface area contributed by atoms with Gasteiger partial charge in [0.2, 0.25) is 11.8 Å². The first kappa shape index (κ1) is 14.6. The third-order valence-electron chi connectivity index (χ3n) is 3.65. The molecule has 1 aliphatic carbocycles. The fourth-order valence-electron chi connectivity index (χ4n) is 2.11. The Labute approximate surface area is 118 Å². The molecule has 0 saturated heterocycles. The third-order valence-corrected chi connectivity index (χ3v) is 3.65. The van der Waals surface area contributed by atoms with Crippen LogP contribution in [-0.4, -0.2) is 34.2 Å². The quantitative estimate of drug-likeness (QED) is 0.721. The molecule has 0 spiro atoms. The van der Waals surface area contributed by atoms with Gasteiger partial charge in [0, 0.05) is 31.4 Å². The van der Waals surface area contributed by atoms with E-state index in [1.807, 2.05) is 16.9 Å². The number of hydrogen-bond acceptors (Lipinski definition) is 3. The molecule has 1 heterocycles.